The normalized spacial score (nSPS) is 11.6. The van der Waals surface area contributed by atoms with Gasteiger partial charge < -0.3 is 9.32 Å². The minimum atomic E-state index is 0.905. The predicted octanol–water partition coefficient (Wildman–Crippen LogP) is 15.5. The lowest BCUT2D eigenvalue weighted by molar-refractivity contribution is 0.669. The molecule has 0 radical (unpaired) electrons. The SMILES string of the molecule is c1ccc(N(c2ccc(-c3ccc4oc5ccccc5c4c3)cc2)c2ccc(-c3cccc4ccccc34)cc2)c(-c2cc3ccccc3c3ccccc23)c1. The first-order valence-corrected chi connectivity index (χ1v) is 19.2. The highest BCUT2D eigenvalue weighted by Gasteiger charge is 2.20. The Morgan fingerprint density at radius 2 is 0.839 bits per heavy atom. The molecule has 1 aromatic heterocycles. The fraction of sp³-hybridized carbons (Fsp3) is 0. The number of nitrogens with zero attached hydrogens (tertiary/aromatic N) is 1. The van der Waals surface area contributed by atoms with Crippen LogP contribution in [0.15, 0.2) is 217 Å². The van der Waals surface area contributed by atoms with E-state index in [-0.39, 0.29) is 0 Å². The molecular weight excluding hydrogens is 679 g/mol. The molecule has 0 aliphatic rings. The highest BCUT2D eigenvalue weighted by Crippen LogP contribution is 2.45. The highest BCUT2D eigenvalue weighted by atomic mass is 16.3. The van der Waals surface area contributed by atoms with Gasteiger partial charge in [0, 0.05) is 27.7 Å². The van der Waals surface area contributed by atoms with Crippen molar-refractivity contribution in [2.75, 3.05) is 4.90 Å². The number of anilines is 3. The van der Waals surface area contributed by atoms with E-state index in [0.717, 1.165) is 50.1 Å². The van der Waals surface area contributed by atoms with Gasteiger partial charge in [-0.15, -0.1) is 0 Å². The average molecular weight is 714 g/mol. The summed E-state index contributed by atoms with van der Waals surface area (Å²) in [4.78, 5) is 2.41. The average Bonchev–Trinajstić information content (AvgIpc) is 3.65. The van der Waals surface area contributed by atoms with Crippen molar-refractivity contribution in [2.24, 2.45) is 0 Å². The summed E-state index contributed by atoms with van der Waals surface area (Å²) in [5.74, 6) is 0. The maximum atomic E-state index is 6.14. The molecule has 0 bridgehead atoms. The summed E-state index contributed by atoms with van der Waals surface area (Å²) in [6, 6.07) is 76.6. The van der Waals surface area contributed by atoms with Gasteiger partial charge in [0.05, 0.1) is 5.69 Å². The smallest absolute Gasteiger partial charge is 0.135 e. The van der Waals surface area contributed by atoms with E-state index in [4.69, 9.17) is 4.42 Å². The molecule has 0 aliphatic heterocycles. The maximum absolute atomic E-state index is 6.14. The van der Waals surface area contributed by atoms with E-state index in [9.17, 15) is 0 Å². The molecule has 2 heteroatoms. The number of fused-ring (bicyclic) bond motifs is 7. The lowest BCUT2D eigenvalue weighted by atomic mass is 9.92. The molecule has 11 rings (SSSR count). The van der Waals surface area contributed by atoms with Crippen LogP contribution < -0.4 is 4.90 Å². The van der Waals surface area contributed by atoms with Crippen LogP contribution in [-0.4, -0.2) is 0 Å². The zero-order chi connectivity index (χ0) is 37.0. The van der Waals surface area contributed by atoms with Crippen LogP contribution in [0.1, 0.15) is 0 Å². The van der Waals surface area contributed by atoms with Gasteiger partial charge in [0.25, 0.3) is 0 Å². The molecular formula is C54H35NO. The first kappa shape index (κ1) is 32.0. The molecule has 0 unspecified atom stereocenters. The summed E-state index contributed by atoms with van der Waals surface area (Å²) in [6.07, 6.45) is 0. The zero-order valence-electron chi connectivity index (χ0n) is 30.6. The fourth-order valence-electron chi connectivity index (χ4n) is 8.58. The number of para-hydroxylation sites is 2. The van der Waals surface area contributed by atoms with E-state index in [0.29, 0.717) is 0 Å². The van der Waals surface area contributed by atoms with Crippen LogP contribution in [0.2, 0.25) is 0 Å². The molecule has 10 aromatic carbocycles. The van der Waals surface area contributed by atoms with Gasteiger partial charge in [0.15, 0.2) is 0 Å². The minimum Gasteiger partial charge on any atom is -0.456 e. The summed E-state index contributed by atoms with van der Waals surface area (Å²) in [5.41, 5.74) is 12.2. The van der Waals surface area contributed by atoms with Gasteiger partial charge in [-0.2, -0.15) is 0 Å². The molecule has 262 valence electrons. The molecule has 0 spiro atoms. The Hall–Kier alpha value is -7.42. The van der Waals surface area contributed by atoms with Crippen molar-refractivity contribution in [1.29, 1.82) is 0 Å². The second-order valence-corrected chi connectivity index (χ2v) is 14.5. The van der Waals surface area contributed by atoms with Gasteiger partial charge in [-0.05, 0) is 115 Å². The summed E-state index contributed by atoms with van der Waals surface area (Å²) >= 11 is 0. The summed E-state index contributed by atoms with van der Waals surface area (Å²) < 4.78 is 6.14. The molecule has 0 amide bonds. The minimum absolute atomic E-state index is 0.905. The standard InChI is InChI=1S/C54H35NO/c1-3-15-43-37(12-1)14-11-21-44(43)38-26-31-42(32-27-38)55(41-29-24-36(25-30-41)39-28-33-54-51(34-39)49-20-8-10-23-53(49)56-54)52-22-9-7-19-48(52)50-35-40-13-2-4-16-45(40)46-17-5-6-18-47(46)50/h1-35H. The Morgan fingerprint density at radius 1 is 0.286 bits per heavy atom. The topological polar surface area (TPSA) is 16.4 Å². The number of benzene rings is 10. The van der Waals surface area contributed by atoms with Crippen LogP contribution in [0.4, 0.5) is 17.1 Å². The lowest BCUT2D eigenvalue weighted by Gasteiger charge is -2.28. The third kappa shape index (κ3) is 5.34. The van der Waals surface area contributed by atoms with Crippen LogP contribution in [0, 0.1) is 0 Å². The van der Waals surface area contributed by atoms with Crippen molar-refractivity contribution in [3.05, 3.63) is 212 Å². The van der Waals surface area contributed by atoms with E-state index in [1.54, 1.807) is 0 Å². The second kappa shape index (κ2) is 13.2. The second-order valence-electron chi connectivity index (χ2n) is 14.5. The van der Waals surface area contributed by atoms with Gasteiger partial charge in [-0.1, -0.05) is 158 Å². The van der Waals surface area contributed by atoms with Crippen LogP contribution in [0.3, 0.4) is 0 Å². The Morgan fingerprint density at radius 3 is 1.64 bits per heavy atom. The number of furan rings is 1. The van der Waals surface area contributed by atoms with Crippen LogP contribution >= 0.6 is 0 Å². The van der Waals surface area contributed by atoms with Crippen molar-refractivity contribution in [3.8, 4) is 33.4 Å². The fourth-order valence-corrected chi connectivity index (χ4v) is 8.58. The number of hydrogen-bond acceptors (Lipinski definition) is 2. The molecule has 11 aromatic rings. The third-order valence-corrected chi connectivity index (χ3v) is 11.3. The Labute approximate surface area is 325 Å². The van der Waals surface area contributed by atoms with Gasteiger partial charge in [-0.25, -0.2) is 0 Å². The highest BCUT2D eigenvalue weighted by molar-refractivity contribution is 6.15. The van der Waals surface area contributed by atoms with Gasteiger partial charge in [0.2, 0.25) is 0 Å². The largest absolute Gasteiger partial charge is 0.456 e. The van der Waals surface area contributed by atoms with Crippen molar-refractivity contribution in [3.63, 3.8) is 0 Å². The van der Waals surface area contributed by atoms with Gasteiger partial charge in [0.1, 0.15) is 11.2 Å². The van der Waals surface area contributed by atoms with Crippen molar-refractivity contribution < 1.29 is 4.42 Å². The van der Waals surface area contributed by atoms with Crippen molar-refractivity contribution >= 4 is 71.3 Å². The zero-order valence-corrected chi connectivity index (χ0v) is 30.6. The number of hydrogen-bond donors (Lipinski definition) is 0. The van der Waals surface area contributed by atoms with Crippen LogP contribution in [0.5, 0.6) is 0 Å². The molecule has 56 heavy (non-hydrogen) atoms. The van der Waals surface area contributed by atoms with Crippen molar-refractivity contribution in [2.45, 2.75) is 0 Å². The van der Waals surface area contributed by atoms with E-state index in [1.165, 1.54) is 54.6 Å². The Bertz CT molecular complexity index is 3240. The molecule has 2 nitrogen and oxygen atoms in total. The molecule has 0 saturated carbocycles. The summed E-state index contributed by atoms with van der Waals surface area (Å²) in [7, 11) is 0. The van der Waals surface area contributed by atoms with Gasteiger partial charge >= 0.3 is 0 Å². The van der Waals surface area contributed by atoms with E-state index in [2.05, 4.69) is 205 Å². The summed E-state index contributed by atoms with van der Waals surface area (Å²) in [5, 5.41) is 9.76. The monoisotopic (exact) mass is 713 g/mol. The molecule has 0 fully saturated rings. The molecule has 0 atom stereocenters. The first-order chi connectivity index (χ1) is 27.8. The van der Waals surface area contributed by atoms with Crippen LogP contribution in [-0.2, 0) is 0 Å². The molecule has 0 saturated heterocycles. The molecule has 0 N–H and O–H groups in total. The van der Waals surface area contributed by atoms with E-state index < -0.39 is 0 Å². The first-order valence-electron chi connectivity index (χ1n) is 19.2. The predicted molar refractivity (Wildman–Crippen MR) is 237 cm³/mol. The van der Waals surface area contributed by atoms with Gasteiger partial charge in [-0.3, -0.25) is 0 Å². The third-order valence-electron chi connectivity index (χ3n) is 11.3. The molecule has 1 heterocycles. The Kier molecular flexibility index (Phi) is 7.53. The quantitative estimate of drug-likeness (QED) is 0.160. The van der Waals surface area contributed by atoms with Crippen LogP contribution in [0.25, 0.3) is 87.6 Å². The Balaban J connectivity index is 1.07. The number of rotatable bonds is 6. The summed E-state index contributed by atoms with van der Waals surface area (Å²) in [6.45, 7) is 0. The van der Waals surface area contributed by atoms with E-state index in [1.807, 2.05) is 12.1 Å². The maximum Gasteiger partial charge on any atom is 0.135 e. The van der Waals surface area contributed by atoms with E-state index >= 15 is 0 Å². The molecule has 0 aliphatic carbocycles. The van der Waals surface area contributed by atoms with Crippen molar-refractivity contribution in [1.82, 2.24) is 0 Å². The lowest BCUT2D eigenvalue weighted by Crippen LogP contribution is -2.11.